The zero-order valence-electron chi connectivity index (χ0n) is 14.4. The normalized spacial score (nSPS) is 17.7. The summed E-state index contributed by atoms with van der Waals surface area (Å²) < 4.78 is 5.22. The Balaban J connectivity index is 2.01. The van der Waals surface area contributed by atoms with Crippen molar-refractivity contribution < 1.29 is 14.3 Å². The molecule has 0 aromatic heterocycles. The maximum atomic E-state index is 12.1. The molecule has 1 aromatic carbocycles. The van der Waals surface area contributed by atoms with Gasteiger partial charge in [-0.2, -0.15) is 0 Å². The molecule has 1 aromatic rings. The molecule has 126 valence electrons. The van der Waals surface area contributed by atoms with Crippen LogP contribution in [0.5, 0.6) is 0 Å². The lowest BCUT2D eigenvalue weighted by Crippen LogP contribution is -2.32. The van der Waals surface area contributed by atoms with E-state index >= 15 is 0 Å². The van der Waals surface area contributed by atoms with Crippen molar-refractivity contribution in [3.8, 4) is 0 Å². The standard InChI is InChI=1S/C18H26N2O3/c1-5-13-8-9-14-7-6-12(10-15(14)20-16(13)21)11-19-17(22)23-18(2,3)4/h6-7,10,13H,5,8-9,11H2,1-4H3,(H,19,22)(H,20,21). The molecule has 0 aliphatic carbocycles. The smallest absolute Gasteiger partial charge is 0.407 e. The molecule has 5 nitrogen and oxygen atoms in total. The summed E-state index contributed by atoms with van der Waals surface area (Å²) in [5.41, 5.74) is 2.43. The molecule has 0 saturated heterocycles. The van der Waals surface area contributed by atoms with Crippen LogP contribution in [0.1, 0.15) is 51.7 Å². The third kappa shape index (κ3) is 4.98. The minimum Gasteiger partial charge on any atom is -0.444 e. The van der Waals surface area contributed by atoms with Crippen molar-refractivity contribution in [2.75, 3.05) is 5.32 Å². The van der Waals surface area contributed by atoms with Gasteiger partial charge < -0.3 is 15.4 Å². The van der Waals surface area contributed by atoms with Gasteiger partial charge >= 0.3 is 6.09 Å². The molecule has 23 heavy (non-hydrogen) atoms. The Kier molecular flexibility index (Phi) is 5.29. The van der Waals surface area contributed by atoms with Crippen molar-refractivity contribution in [1.82, 2.24) is 5.32 Å². The Hall–Kier alpha value is -2.04. The van der Waals surface area contributed by atoms with E-state index in [0.717, 1.165) is 36.1 Å². The molecule has 2 rings (SSSR count). The van der Waals surface area contributed by atoms with Gasteiger partial charge in [-0.25, -0.2) is 4.79 Å². The van der Waals surface area contributed by atoms with Crippen LogP contribution in [0.25, 0.3) is 0 Å². The molecule has 0 radical (unpaired) electrons. The van der Waals surface area contributed by atoms with Crippen LogP contribution in [0.15, 0.2) is 18.2 Å². The van der Waals surface area contributed by atoms with E-state index in [9.17, 15) is 9.59 Å². The quantitative estimate of drug-likeness (QED) is 0.894. The number of aryl methyl sites for hydroxylation is 1. The Morgan fingerprint density at radius 3 is 2.78 bits per heavy atom. The fourth-order valence-corrected chi connectivity index (χ4v) is 2.64. The van der Waals surface area contributed by atoms with Crippen molar-refractivity contribution in [3.05, 3.63) is 29.3 Å². The minimum atomic E-state index is -0.513. The fraction of sp³-hybridized carbons (Fsp3) is 0.556. The van der Waals surface area contributed by atoms with E-state index in [1.165, 1.54) is 0 Å². The summed E-state index contributed by atoms with van der Waals surface area (Å²) in [5.74, 6) is 0.161. The van der Waals surface area contributed by atoms with Gasteiger partial charge in [0.15, 0.2) is 0 Å². The zero-order valence-corrected chi connectivity index (χ0v) is 14.4. The molecule has 5 heteroatoms. The third-order valence-corrected chi connectivity index (χ3v) is 3.89. The number of anilines is 1. The molecule has 1 aliphatic heterocycles. The lowest BCUT2D eigenvalue weighted by Gasteiger charge is -2.19. The third-order valence-electron chi connectivity index (χ3n) is 3.89. The van der Waals surface area contributed by atoms with E-state index in [2.05, 4.69) is 10.6 Å². The van der Waals surface area contributed by atoms with Crippen LogP contribution in [0.4, 0.5) is 10.5 Å². The van der Waals surface area contributed by atoms with Gasteiger partial charge in [0, 0.05) is 18.2 Å². The van der Waals surface area contributed by atoms with Gasteiger partial charge in [0.05, 0.1) is 0 Å². The number of alkyl carbamates (subject to hydrolysis) is 1. The molecule has 0 spiro atoms. The summed E-state index contributed by atoms with van der Waals surface area (Å²) in [4.78, 5) is 23.8. The maximum absolute atomic E-state index is 12.1. The Bertz CT molecular complexity index is 590. The van der Waals surface area contributed by atoms with Gasteiger partial charge in [0.25, 0.3) is 0 Å². The number of rotatable bonds is 3. The van der Waals surface area contributed by atoms with Gasteiger partial charge in [-0.1, -0.05) is 19.1 Å². The second kappa shape index (κ2) is 7.02. The van der Waals surface area contributed by atoms with Crippen molar-refractivity contribution in [3.63, 3.8) is 0 Å². The first kappa shape index (κ1) is 17.3. The maximum Gasteiger partial charge on any atom is 0.407 e. The largest absolute Gasteiger partial charge is 0.444 e. The second-order valence-corrected chi connectivity index (χ2v) is 6.98. The summed E-state index contributed by atoms with van der Waals surface area (Å²) in [5, 5.41) is 5.74. The monoisotopic (exact) mass is 318 g/mol. The number of hydrogen-bond acceptors (Lipinski definition) is 3. The van der Waals surface area contributed by atoms with Gasteiger partial charge in [-0.15, -0.1) is 0 Å². The molecule has 1 unspecified atom stereocenters. The molecular formula is C18H26N2O3. The number of fused-ring (bicyclic) bond motifs is 1. The van der Waals surface area contributed by atoms with E-state index in [1.54, 1.807) is 0 Å². The zero-order chi connectivity index (χ0) is 17.0. The number of benzene rings is 1. The predicted octanol–water partition coefficient (Wildman–Crippen LogP) is 3.62. The molecule has 0 fully saturated rings. The van der Waals surface area contributed by atoms with E-state index in [-0.39, 0.29) is 11.8 Å². The minimum absolute atomic E-state index is 0.0748. The average Bonchev–Trinajstić information content (AvgIpc) is 2.60. The first-order chi connectivity index (χ1) is 10.8. The number of carbonyl (C=O) groups excluding carboxylic acids is 2. The molecule has 1 heterocycles. The summed E-state index contributed by atoms with van der Waals surface area (Å²) in [6.45, 7) is 7.89. The van der Waals surface area contributed by atoms with Gasteiger partial charge in [0.2, 0.25) is 5.91 Å². The molecule has 0 saturated carbocycles. The summed E-state index contributed by atoms with van der Waals surface area (Å²) >= 11 is 0. The molecule has 2 amide bonds. The molecule has 1 atom stereocenters. The van der Waals surface area contributed by atoms with E-state index in [0.29, 0.717) is 6.54 Å². The van der Waals surface area contributed by atoms with Crippen LogP contribution in [0, 0.1) is 5.92 Å². The Labute approximate surface area is 137 Å². The first-order valence-electron chi connectivity index (χ1n) is 8.18. The SMILES string of the molecule is CCC1CCc2ccc(CNC(=O)OC(C)(C)C)cc2NC1=O. The molecule has 0 bridgehead atoms. The average molecular weight is 318 g/mol. The van der Waals surface area contributed by atoms with Crippen LogP contribution in [-0.2, 0) is 22.5 Å². The van der Waals surface area contributed by atoms with Crippen LogP contribution in [0.3, 0.4) is 0 Å². The highest BCUT2D eigenvalue weighted by Gasteiger charge is 2.22. The summed E-state index contributed by atoms with van der Waals surface area (Å²) in [6.07, 6.45) is 2.19. The number of ether oxygens (including phenoxy) is 1. The Morgan fingerprint density at radius 2 is 2.13 bits per heavy atom. The van der Waals surface area contributed by atoms with Gasteiger partial charge in [-0.3, -0.25) is 4.79 Å². The lowest BCUT2D eigenvalue weighted by atomic mass is 9.98. The summed E-state index contributed by atoms with van der Waals surface area (Å²) in [7, 11) is 0. The van der Waals surface area contributed by atoms with Crippen molar-refractivity contribution in [2.45, 2.75) is 59.1 Å². The van der Waals surface area contributed by atoms with E-state index in [4.69, 9.17) is 4.74 Å². The number of carbonyl (C=O) groups is 2. The van der Waals surface area contributed by atoms with Gasteiger partial charge in [-0.05, 0) is 57.2 Å². The highest BCUT2D eigenvalue weighted by molar-refractivity contribution is 5.94. The van der Waals surface area contributed by atoms with Crippen LogP contribution >= 0.6 is 0 Å². The van der Waals surface area contributed by atoms with Gasteiger partial charge in [0.1, 0.15) is 5.60 Å². The topological polar surface area (TPSA) is 67.4 Å². The number of hydrogen-bond donors (Lipinski definition) is 2. The highest BCUT2D eigenvalue weighted by atomic mass is 16.6. The Morgan fingerprint density at radius 1 is 1.39 bits per heavy atom. The second-order valence-electron chi connectivity index (χ2n) is 6.98. The number of amides is 2. The molecule has 1 aliphatic rings. The predicted molar refractivity (Wildman–Crippen MR) is 90.2 cm³/mol. The van der Waals surface area contributed by atoms with Crippen molar-refractivity contribution >= 4 is 17.7 Å². The number of nitrogens with one attached hydrogen (secondary N) is 2. The lowest BCUT2D eigenvalue weighted by molar-refractivity contribution is -0.120. The van der Waals surface area contributed by atoms with E-state index < -0.39 is 11.7 Å². The molecular weight excluding hydrogens is 292 g/mol. The summed E-state index contributed by atoms with van der Waals surface area (Å²) in [6, 6.07) is 5.94. The highest BCUT2D eigenvalue weighted by Crippen LogP contribution is 2.27. The van der Waals surface area contributed by atoms with Crippen LogP contribution < -0.4 is 10.6 Å². The van der Waals surface area contributed by atoms with E-state index in [1.807, 2.05) is 45.9 Å². The first-order valence-corrected chi connectivity index (χ1v) is 8.18. The molecule has 2 N–H and O–H groups in total. The van der Waals surface area contributed by atoms with Crippen molar-refractivity contribution in [2.24, 2.45) is 5.92 Å². The van der Waals surface area contributed by atoms with Crippen molar-refractivity contribution in [1.29, 1.82) is 0 Å². The fourth-order valence-electron chi connectivity index (χ4n) is 2.64. The van der Waals surface area contributed by atoms with Crippen LogP contribution in [0.2, 0.25) is 0 Å². The van der Waals surface area contributed by atoms with Crippen LogP contribution in [-0.4, -0.2) is 17.6 Å².